The minimum absolute atomic E-state index is 0.481. The third kappa shape index (κ3) is 3.97. The molecule has 0 unspecified atom stereocenters. The van der Waals surface area contributed by atoms with Gasteiger partial charge >= 0.3 is 0 Å². The van der Waals surface area contributed by atoms with E-state index in [0.717, 1.165) is 32.5 Å². The van der Waals surface area contributed by atoms with E-state index in [2.05, 4.69) is 49.2 Å². The molecular formula is C17H28N2O. The number of nitrogens with zero attached hydrogens (tertiary/aromatic N) is 1. The largest absolute Gasteiger partial charge is 0.390 e. The van der Waals surface area contributed by atoms with Crippen LogP contribution >= 0.6 is 0 Å². The summed E-state index contributed by atoms with van der Waals surface area (Å²) in [5, 5.41) is 13.5. The first-order valence-electron chi connectivity index (χ1n) is 7.68. The number of rotatable bonds is 4. The Balaban J connectivity index is 2.03. The summed E-state index contributed by atoms with van der Waals surface area (Å²) >= 11 is 0. The second-order valence-electron chi connectivity index (χ2n) is 6.64. The Morgan fingerprint density at radius 3 is 2.50 bits per heavy atom. The third-order valence-electron chi connectivity index (χ3n) is 4.16. The first-order valence-corrected chi connectivity index (χ1v) is 7.68. The maximum absolute atomic E-state index is 10.0. The van der Waals surface area contributed by atoms with E-state index >= 15 is 0 Å². The van der Waals surface area contributed by atoms with Crippen molar-refractivity contribution in [2.75, 3.05) is 18.0 Å². The Kier molecular flexibility index (Phi) is 4.71. The molecule has 0 aliphatic carbocycles. The monoisotopic (exact) mass is 276 g/mol. The first kappa shape index (κ1) is 15.3. The third-order valence-corrected chi connectivity index (χ3v) is 4.16. The zero-order chi connectivity index (χ0) is 14.8. The summed E-state index contributed by atoms with van der Waals surface area (Å²) in [6.07, 6.45) is 1.70. The topological polar surface area (TPSA) is 35.5 Å². The number of anilines is 1. The minimum Gasteiger partial charge on any atom is -0.390 e. The molecule has 0 amide bonds. The molecule has 0 atom stereocenters. The molecule has 1 aromatic rings. The van der Waals surface area contributed by atoms with E-state index in [1.165, 1.54) is 16.8 Å². The van der Waals surface area contributed by atoms with E-state index in [1.54, 1.807) is 0 Å². The highest BCUT2D eigenvalue weighted by Crippen LogP contribution is 2.28. The molecule has 20 heavy (non-hydrogen) atoms. The highest BCUT2D eigenvalue weighted by atomic mass is 16.3. The number of aliphatic hydroxyl groups is 1. The van der Waals surface area contributed by atoms with Crippen molar-refractivity contribution in [3.8, 4) is 0 Å². The van der Waals surface area contributed by atoms with Crippen LogP contribution in [0.1, 0.15) is 44.7 Å². The van der Waals surface area contributed by atoms with Crippen LogP contribution in [0.3, 0.4) is 0 Å². The summed E-state index contributed by atoms with van der Waals surface area (Å²) in [7, 11) is 0. The molecule has 3 nitrogen and oxygen atoms in total. The van der Waals surface area contributed by atoms with Crippen LogP contribution in [0.5, 0.6) is 0 Å². The Bertz CT molecular complexity index is 444. The predicted octanol–water partition coefficient (Wildman–Crippen LogP) is 2.84. The molecule has 1 fully saturated rings. The summed E-state index contributed by atoms with van der Waals surface area (Å²) in [4.78, 5) is 2.40. The molecule has 0 radical (unpaired) electrons. The second-order valence-corrected chi connectivity index (χ2v) is 6.64. The van der Waals surface area contributed by atoms with Gasteiger partial charge < -0.3 is 15.3 Å². The van der Waals surface area contributed by atoms with Crippen molar-refractivity contribution in [1.82, 2.24) is 5.32 Å². The lowest BCUT2D eigenvalue weighted by Gasteiger charge is -2.37. The lowest BCUT2D eigenvalue weighted by molar-refractivity contribution is 0.0351. The van der Waals surface area contributed by atoms with E-state index in [9.17, 15) is 5.11 Å². The van der Waals surface area contributed by atoms with E-state index in [0.29, 0.717) is 6.04 Å². The van der Waals surface area contributed by atoms with Crippen LogP contribution in [0.25, 0.3) is 0 Å². The Labute approximate surface area is 123 Å². The average Bonchev–Trinajstić information content (AvgIpc) is 2.37. The SMILES string of the molecule is Cc1cc(CNC(C)C)ccc1N1CCC(C)(O)CC1. The van der Waals surface area contributed by atoms with Crippen molar-refractivity contribution < 1.29 is 5.11 Å². The fourth-order valence-corrected chi connectivity index (χ4v) is 2.73. The predicted molar refractivity (Wildman–Crippen MR) is 85.2 cm³/mol. The molecule has 1 saturated heterocycles. The highest BCUT2D eigenvalue weighted by molar-refractivity contribution is 5.54. The van der Waals surface area contributed by atoms with Gasteiger partial charge in [0.15, 0.2) is 0 Å². The van der Waals surface area contributed by atoms with Crippen LogP contribution < -0.4 is 10.2 Å². The van der Waals surface area contributed by atoms with Gasteiger partial charge in [0.25, 0.3) is 0 Å². The molecule has 2 N–H and O–H groups in total. The van der Waals surface area contributed by atoms with Crippen molar-refractivity contribution in [2.45, 2.75) is 58.7 Å². The summed E-state index contributed by atoms with van der Waals surface area (Å²) in [6.45, 7) is 11.3. The first-order chi connectivity index (χ1) is 9.37. The van der Waals surface area contributed by atoms with Gasteiger partial charge in [-0.2, -0.15) is 0 Å². The maximum atomic E-state index is 10.0. The van der Waals surface area contributed by atoms with Crippen LogP contribution in [0.4, 0.5) is 5.69 Å². The van der Waals surface area contributed by atoms with Gasteiger partial charge in [-0.25, -0.2) is 0 Å². The molecule has 1 aliphatic heterocycles. The van der Waals surface area contributed by atoms with Crippen LogP contribution in [-0.4, -0.2) is 29.8 Å². The zero-order valence-corrected chi connectivity index (χ0v) is 13.2. The molecule has 1 aromatic carbocycles. The normalized spacial score (nSPS) is 18.6. The van der Waals surface area contributed by atoms with Crippen LogP contribution in [-0.2, 0) is 6.54 Å². The number of benzene rings is 1. The molecular weight excluding hydrogens is 248 g/mol. The number of hydrogen-bond donors (Lipinski definition) is 2. The van der Waals surface area contributed by atoms with Gasteiger partial charge in [-0.05, 0) is 43.9 Å². The van der Waals surface area contributed by atoms with E-state index in [-0.39, 0.29) is 0 Å². The van der Waals surface area contributed by atoms with Gasteiger partial charge in [0, 0.05) is 31.4 Å². The average molecular weight is 276 g/mol. The van der Waals surface area contributed by atoms with Crippen molar-refractivity contribution in [3.63, 3.8) is 0 Å². The van der Waals surface area contributed by atoms with Crippen molar-refractivity contribution in [2.24, 2.45) is 0 Å². The smallest absolute Gasteiger partial charge is 0.0653 e. The van der Waals surface area contributed by atoms with Gasteiger partial charge in [-0.15, -0.1) is 0 Å². The van der Waals surface area contributed by atoms with Crippen molar-refractivity contribution in [3.05, 3.63) is 29.3 Å². The van der Waals surface area contributed by atoms with Crippen LogP contribution in [0, 0.1) is 6.92 Å². The van der Waals surface area contributed by atoms with Gasteiger partial charge in [-0.3, -0.25) is 0 Å². The van der Waals surface area contributed by atoms with E-state index < -0.39 is 5.60 Å². The fourth-order valence-electron chi connectivity index (χ4n) is 2.73. The number of nitrogens with one attached hydrogen (secondary N) is 1. The molecule has 0 spiro atoms. The molecule has 3 heteroatoms. The standard InChI is InChI=1S/C17H28N2O/c1-13(2)18-12-15-5-6-16(14(3)11-15)19-9-7-17(4,20)8-10-19/h5-6,11,13,18,20H,7-10,12H2,1-4H3. The summed E-state index contributed by atoms with van der Waals surface area (Å²) in [5.74, 6) is 0. The lowest BCUT2D eigenvalue weighted by Crippen LogP contribution is -2.42. The van der Waals surface area contributed by atoms with Gasteiger partial charge in [0.05, 0.1) is 5.60 Å². The van der Waals surface area contributed by atoms with Gasteiger partial charge in [0.2, 0.25) is 0 Å². The summed E-state index contributed by atoms with van der Waals surface area (Å²) < 4.78 is 0. The van der Waals surface area contributed by atoms with Crippen molar-refractivity contribution >= 4 is 5.69 Å². The van der Waals surface area contributed by atoms with E-state index in [4.69, 9.17) is 0 Å². The lowest BCUT2D eigenvalue weighted by atomic mass is 9.93. The minimum atomic E-state index is -0.481. The molecule has 2 rings (SSSR count). The molecule has 1 heterocycles. The number of aryl methyl sites for hydroxylation is 1. The summed E-state index contributed by atoms with van der Waals surface area (Å²) in [5.41, 5.74) is 3.50. The van der Waals surface area contributed by atoms with Gasteiger partial charge in [0.1, 0.15) is 0 Å². The number of hydrogen-bond acceptors (Lipinski definition) is 3. The molecule has 112 valence electrons. The highest BCUT2D eigenvalue weighted by Gasteiger charge is 2.27. The summed E-state index contributed by atoms with van der Waals surface area (Å²) in [6, 6.07) is 7.23. The molecule has 1 aliphatic rings. The van der Waals surface area contributed by atoms with Crippen molar-refractivity contribution in [1.29, 1.82) is 0 Å². The van der Waals surface area contributed by atoms with E-state index in [1.807, 2.05) is 6.92 Å². The Hall–Kier alpha value is -1.06. The van der Waals surface area contributed by atoms with Crippen LogP contribution in [0.2, 0.25) is 0 Å². The molecule has 0 aromatic heterocycles. The fraction of sp³-hybridized carbons (Fsp3) is 0.647. The number of piperidine rings is 1. The quantitative estimate of drug-likeness (QED) is 0.887. The Morgan fingerprint density at radius 1 is 1.30 bits per heavy atom. The molecule has 0 saturated carbocycles. The zero-order valence-electron chi connectivity index (χ0n) is 13.2. The Morgan fingerprint density at radius 2 is 1.95 bits per heavy atom. The van der Waals surface area contributed by atoms with Gasteiger partial charge in [-0.1, -0.05) is 26.0 Å². The van der Waals surface area contributed by atoms with Crippen LogP contribution in [0.15, 0.2) is 18.2 Å². The maximum Gasteiger partial charge on any atom is 0.0653 e. The molecule has 0 bridgehead atoms. The second kappa shape index (κ2) is 6.15.